The normalized spacial score (nSPS) is 16.0. The van der Waals surface area contributed by atoms with Crippen LogP contribution < -0.4 is 10.3 Å². The number of carbonyl (C=O) groups is 1. The fourth-order valence-corrected chi connectivity index (χ4v) is 2.46. The zero-order chi connectivity index (χ0) is 17.6. The first-order valence-electron chi connectivity index (χ1n) is 8.43. The highest BCUT2D eigenvalue weighted by Crippen LogP contribution is 2.17. The number of piperidine rings is 1. The van der Waals surface area contributed by atoms with E-state index in [9.17, 15) is 4.79 Å². The molecule has 24 heavy (non-hydrogen) atoms. The number of rotatable bonds is 5. The first-order chi connectivity index (χ1) is 11.3. The molecule has 7 nitrogen and oxygen atoms in total. The Morgan fingerprint density at radius 1 is 1.25 bits per heavy atom. The highest BCUT2D eigenvalue weighted by atomic mass is 16.6. The maximum absolute atomic E-state index is 11.7. The molecule has 0 atom stereocenters. The lowest BCUT2D eigenvalue weighted by molar-refractivity contribution is -0.153. The van der Waals surface area contributed by atoms with Crippen molar-refractivity contribution in [3.05, 3.63) is 12.1 Å². The number of hydrazone groups is 1. The molecule has 1 aromatic heterocycles. The Hall–Kier alpha value is -2.18. The molecule has 1 aliphatic heterocycles. The second-order valence-corrected chi connectivity index (χ2v) is 7.05. The van der Waals surface area contributed by atoms with Crippen LogP contribution >= 0.6 is 0 Å². The van der Waals surface area contributed by atoms with Gasteiger partial charge in [0.15, 0.2) is 11.6 Å². The lowest BCUT2D eigenvalue weighted by Gasteiger charge is -2.27. The largest absolute Gasteiger partial charge is 0.460 e. The quantitative estimate of drug-likeness (QED) is 0.507. The van der Waals surface area contributed by atoms with Crippen LogP contribution in [0.3, 0.4) is 0 Å². The standard InChI is InChI=1S/C17H27N5O2/c1-13(12-16(23)24-17(2,3)4)18-19-14-8-9-15(21-20-14)22-10-6-5-7-11-22/h8-9H,5-7,10-12H2,1-4H3,(H,19,20)/b18-13-. The van der Waals surface area contributed by atoms with Crippen molar-refractivity contribution in [2.24, 2.45) is 5.10 Å². The SMILES string of the molecule is C/C(CC(=O)OC(C)(C)C)=N/Nc1ccc(N2CCCCC2)nn1. The molecule has 0 bridgehead atoms. The Morgan fingerprint density at radius 3 is 2.54 bits per heavy atom. The van der Waals surface area contributed by atoms with Gasteiger partial charge in [-0.2, -0.15) is 5.10 Å². The number of ether oxygens (including phenoxy) is 1. The Morgan fingerprint density at radius 2 is 1.96 bits per heavy atom. The Kier molecular flexibility index (Phi) is 6.11. The molecule has 0 saturated carbocycles. The smallest absolute Gasteiger partial charge is 0.312 e. The van der Waals surface area contributed by atoms with Gasteiger partial charge in [0.2, 0.25) is 0 Å². The minimum Gasteiger partial charge on any atom is -0.460 e. The Bertz CT molecular complexity index is 572. The fourth-order valence-electron chi connectivity index (χ4n) is 2.46. The number of aromatic nitrogens is 2. The Balaban J connectivity index is 1.85. The summed E-state index contributed by atoms with van der Waals surface area (Å²) in [7, 11) is 0. The molecule has 0 amide bonds. The summed E-state index contributed by atoms with van der Waals surface area (Å²) < 4.78 is 5.26. The molecule has 132 valence electrons. The third-order valence-corrected chi connectivity index (χ3v) is 3.51. The van der Waals surface area contributed by atoms with Gasteiger partial charge in [-0.05, 0) is 59.1 Å². The average Bonchev–Trinajstić information content (AvgIpc) is 2.52. The van der Waals surface area contributed by atoms with E-state index in [1.807, 2.05) is 32.9 Å². The van der Waals surface area contributed by atoms with Gasteiger partial charge < -0.3 is 9.64 Å². The molecule has 0 radical (unpaired) electrons. The summed E-state index contributed by atoms with van der Waals surface area (Å²) in [6, 6.07) is 3.79. The van der Waals surface area contributed by atoms with Crippen molar-refractivity contribution >= 4 is 23.3 Å². The summed E-state index contributed by atoms with van der Waals surface area (Å²) in [5.74, 6) is 1.16. The van der Waals surface area contributed by atoms with Crippen molar-refractivity contribution in [2.45, 2.75) is 59.0 Å². The van der Waals surface area contributed by atoms with Gasteiger partial charge in [0.25, 0.3) is 0 Å². The van der Waals surface area contributed by atoms with Crippen LogP contribution in [-0.4, -0.2) is 40.6 Å². The lowest BCUT2D eigenvalue weighted by atomic mass is 10.1. The first-order valence-corrected chi connectivity index (χ1v) is 8.43. The van der Waals surface area contributed by atoms with E-state index in [1.54, 1.807) is 6.92 Å². The molecule has 1 aliphatic rings. The molecule has 1 N–H and O–H groups in total. The van der Waals surface area contributed by atoms with E-state index in [-0.39, 0.29) is 12.4 Å². The van der Waals surface area contributed by atoms with Gasteiger partial charge in [0, 0.05) is 18.8 Å². The molecule has 0 unspecified atom stereocenters. The van der Waals surface area contributed by atoms with E-state index in [0.717, 1.165) is 18.9 Å². The number of hydrogen-bond donors (Lipinski definition) is 1. The van der Waals surface area contributed by atoms with Crippen LogP contribution in [0.1, 0.15) is 53.4 Å². The molecule has 1 aromatic rings. The van der Waals surface area contributed by atoms with Crippen molar-refractivity contribution in [2.75, 3.05) is 23.4 Å². The van der Waals surface area contributed by atoms with Crippen molar-refractivity contribution in [3.63, 3.8) is 0 Å². The summed E-state index contributed by atoms with van der Waals surface area (Å²) in [5, 5.41) is 12.5. The van der Waals surface area contributed by atoms with Gasteiger partial charge in [-0.3, -0.25) is 10.2 Å². The van der Waals surface area contributed by atoms with Gasteiger partial charge in [0.1, 0.15) is 5.60 Å². The van der Waals surface area contributed by atoms with E-state index in [1.165, 1.54) is 19.3 Å². The minimum absolute atomic E-state index is 0.142. The van der Waals surface area contributed by atoms with E-state index in [2.05, 4.69) is 25.6 Å². The van der Waals surface area contributed by atoms with E-state index in [4.69, 9.17) is 4.74 Å². The Labute approximate surface area is 143 Å². The maximum Gasteiger partial charge on any atom is 0.312 e. The summed E-state index contributed by atoms with van der Waals surface area (Å²) in [5.41, 5.74) is 2.98. The molecule has 0 aliphatic carbocycles. The minimum atomic E-state index is -0.486. The summed E-state index contributed by atoms with van der Waals surface area (Å²) in [6.07, 6.45) is 3.84. The fraction of sp³-hybridized carbons (Fsp3) is 0.647. The summed E-state index contributed by atoms with van der Waals surface area (Å²) in [6.45, 7) is 9.37. The van der Waals surface area contributed by atoms with Gasteiger partial charge in [0.05, 0.1) is 6.42 Å². The van der Waals surface area contributed by atoms with Crippen LogP contribution in [0.5, 0.6) is 0 Å². The van der Waals surface area contributed by atoms with Crippen LogP contribution in [0.2, 0.25) is 0 Å². The van der Waals surface area contributed by atoms with Crippen LogP contribution in [0, 0.1) is 0 Å². The summed E-state index contributed by atoms with van der Waals surface area (Å²) >= 11 is 0. The van der Waals surface area contributed by atoms with Crippen LogP contribution in [0.25, 0.3) is 0 Å². The number of esters is 1. The molecule has 7 heteroatoms. The van der Waals surface area contributed by atoms with Gasteiger partial charge in [-0.1, -0.05) is 0 Å². The molecule has 0 spiro atoms. The summed E-state index contributed by atoms with van der Waals surface area (Å²) in [4.78, 5) is 14.0. The zero-order valence-corrected chi connectivity index (χ0v) is 15.0. The molecule has 1 saturated heterocycles. The molecular weight excluding hydrogens is 306 g/mol. The van der Waals surface area contributed by atoms with Crippen molar-refractivity contribution in [1.29, 1.82) is 0 Å². The third-order valence-electron chi connectivity index (χ3n) is 3.51. The van der Waals surface area contributed by atoms with Crippen molar-refractivity contribution < 1.29 is 9.53 Å². The van der Waals surface area contributed by atoms with E-state index >= 15 is 0 Å². The van der Waals surface area contributed by atoms with E-state index < -0.39 is 5.60 Å². The predicted octanol–water partition coefficient (Wildman–Crippen LogP) is 2.99. The lowest BCUT2D eigenvalue weighted by Crippen LogP contribution is -2.30. The van der Waals surface area contributed by atoms with Crippen LogP contribution in [0.15, 0.2) is 17.2 Å². The van der Waals surface area contributed by atoms with Crippen LogP contribution in [0.4, 0.5) is 11.6 Å². The zero-order valence-electron chi connectivity index (χ0n) is 15.0. The second kappa shape index (κ2) is 8.08. The predicted molar refractivity (Wildman–Crippen MR) is 95.3 cm³/mol. The number of nitrogens with zero attached hydrogens (tertiary/aromatic N) is 4. The molecule has 2 heterocycles. The number of nitrogens with one attached hydrogen (secondary N) is 1. The van der Waals surface area contributed by atoms with Gasteiger partial charge >= 0.3 is 5.97 Å². The molecule has 2 rings (SSSR count). The average molecular weight is 333 g/mol. The number of hydrogen-bond acceptors (Lipinski definition) is 7. The molecular formula is C17H27N5O2. The first kappa shape index (κ1) is 18.2. The number of carbonyl (C=O) groups excluding carboxylic acids is 1. The molecule has 1 fully saturated rings. The number of anilines is 2. The van der Waals surface area contributed by atoms with Gasteiger partial charge in [-0.25, -0.2) is 0 Å². The second-order valence-electron chi connectivity index (χ2n) is 7.05. The molecule has 0 aromatic carbocycles. The monoisotopic (exact) mass is 333 g/mol. The highest BCUT2D eigenvalue weighted by Gasteiger charge is 2.17. The van der Waals surface area contributed by atoms with Crippen molar-refractivity contribution in [1.82, 2.24) is 10.2 Å². The third kappa shape index (κ3) is 6.14. The van der Waals surface area contributed by atoms with Crippen LogP contribution in [-0.2, 0) is 9.53 Å². The topological polar surface area (TPSA) is 79.7 Å². The maximum atomic E-state index is 11.7. The van der Waals surface area contributed by atoms with E-state index in [0.29, 0.717) is 11.5 Å². The highest BCUT2D eigenvalue weighted by molar-refractivity contribution is 5.97. The van der Waals surface area contributed by atoms with Gasteiger partial charge in [-0.15, -0.1) is 10.2 Å². The van der Waals surface area contributed by atoms with Crippen molar-refractivity contribution in [3.8, 4) is 0 Å².